The predicted molar refractivity (Wildman–Crippen MR) is 55.0 cm³/mol. The third kappa shape index (κ3) is 3.56. The Labute approximate surface area is 83.8 Å². The first kappa shape index (κ1) is 10.9. The smallest absolute Gasteiger partial charge is 0.302 e. The summed E-state index contributed by atoms with van der Waals surface area (Å²) < 4.78 is 5.20. The first-order valence-electron chi connectivity index (χ1n) is 4.50. The van der Waals surface area contributed by atoms with Gasteiger partial charge in [-0.1, -0.05) is 0 Å². The Bertz CT molecular complexity index is 186. The van der Waals surface area contributed by atoms with Crippen LogP contribution in [0.5, 0.6) is 0 Å². The van der Waals surface area contributed by atoms with Crippen molar-refractivity contribution < 1.29 is 9.53 Å². The molecule has 1 fully saturated rings. The number of piperidine rings is 1. The summed E-state index contributed by atoms with van der Waals surface area (Å²) in [5.74, 6) is -0.167. The van der Waals surface area contributed by atoms with Crippen molar-refractivity contribution in [2.45, 2.75) is 24.7 Å². The number of carbonyl (C=O) groups excluding carboxylic acids is 1. The molecule has 2 atom stereocenters. The molecule has 3 nitrogen and oxygen atoms in total. The Balaban J connectivity index is 2.42. The van der Waals surface area contributed by atoms with Gasteiger partial charge in [-0.2, -0.15) is 11.8 Å². The van der Waals surface area contributed by atoms with Crippen molar-refractivity contribution in [2.24, 2.45) is 0 Å². The number of ether oxygens (including phenoxy) is 1. The summed E-state index contributed by atoms with van der Waals surface area (Å²) in [5.41, 5.74) is 0. The van der Waals surface area contributed by atoms with Crippen molar-refractivity contribution in [3.63, 3.8) is 0 Å². The summed E-state index contributed by atoms with van der Waals surface area (Å²) in [6.07, 6.45) is 3.19. The molecule has 0 saturated carbocycles. The fourth-order valence-electron chi connectivity index (χ4n) is 1.70. The number of likely N-dealkylation sites (N-methyl/N-ethyl adjacent to an activating group) is 1. The third-order valence-electron chi connectivity index (χ3n) is 2.22. The highest BCUT2D eigenvalue weighted by atomic mass is 32.2. The van der Waals surface area contributed by atoms with Crippen molar-refractivity contribution in [3.05, 3.63) is 0 Å². The molecule has 0 aromatic carbocycles. The minimum absolute atomic E-state index is 0.0914. The normalized spacial score (nSPS) is 30.1. The van der Waals surface area contributed by atoms with Crippen LogP contribution < -0.4 is 0 Å². The predicted octanol–water partition coefficient (Wildman–Crippen LogP) is 0.985. The molecule has 13 heavy (non-hydrogen) atoms. The highest BCUT2D eigenvalue weighted by molar-refractivity contribution is 7.99. The SMILES string of the molecule is CSC1CC(OC(C)=O)CN(C)C1. The average Bonchev–Trinajstić information content (AvgIpc) is 2.01. The van der Waals surface area contributed by atoms with E-state index in [0.717, 1.165) is 19.5 Å². The number of rotatable bonds is 2. The summed E-state index contributed by atoms with van der Waals surface area (Å²) in [6.45, 7) is 3.44. The monoisotopic (exact) mass is 203 g/mol. The molecule has 0 bridgehead atoms. The lowest BCUT2D eigenvalue weighted by molar-refractivity contribution is -0.148. The van der Waals surface area contributed by atoms with Crippen molar-refractivity contribution in [1.29, 1.82) is 0 Å². The second kappa shape index (κ2) is 4.86. The molecule has 4 heteroatoms. The molecule has 0 amide bonds. The fourth-order valence-corrected chi connectivity index (χ4v) is 2.51. The Hall–Kier alpha value is -0.220. The minimum atomic E-state index is -0.167. The number of esters is 1. The summed E-state index contributed by atoms with van der Waals surface area (Å²) in [4.78, 5) is 13.0. The molecule has 0 aromatic heterocycles. The van der Waals surface area contributed by atoms with Crippen LogP contribution in [-0.2, 0) is 9.53 Å². The first-order valence-corrected chi connectivity index (χ1v) is 5.79. The van der Waals surface area contributed by atoms with Gasteiger partial charge in [0.2, 0.25) is 0 Å². The molecule has 0 aliphatic carbocycles. The summed E-state index contributed by atoms with van der Waals surface area (Å²) >= 11 is 1.85. The number of carbonyl (C=O) groups is 1. The number of nitrogens with zero attached hydrogens (tertiary/aromatic N) is 1. The van der Waals surface area contributed by atoms with Crippen molar-refractivity contribution >= 4 is 17.7 Å². The van der Waals surface area contributed by atoms with Gasteiger partial charge in [0.25, 0.3) is 0 Å². The fraction of sp³-hybridized carbons (Fsp3) is 0.889. The van der Waals surface area contributed by atoms with E-state index >= 15 is 0 Å². The van der Waals surface area contributed by atoms with Gasteiger partial charge in [0.15, 0.2) is 0 Å². The highest BCUT2D eigenvalue weighted by Gasteiger charge is 2.26. The Morgan fingerprint density at radius 1 is 1.54 bits per heavy atom. The van der Waals surface area contributed by atoms with Crippen LogP contribution in [0, 0.1) is 0 Å². The maximum atomic E-state index is 10.8. The van der Waals surface area contributed by atoms with E-state index in [2.05, 4.69) is 18.2 Å². The lowest BCUT2D eigenvalue weighted by Crippen LogP contribution is -2.43. The summed E-state index contributed by atoms with van der Waals surface area (Å²) in [7, 11) is 2.07. The van der Waals surface area contributed by atoms with E-state index in [-0.39, 0.29) is 12.1 Å². The van der Waals surface area contributed by atoms with E-state index in [1.165, 1.54) is 6.92 Å². The first-order chi connectivity index (χ1) is 6.11. The molecule has 1 aliphatic rings. The van der Waals surface area contributed by atoms with E-state index < -0.39 is 0 Å². The van der Waals surface area contributed by atoms with Gasteiger partial charge >= 0.3 is 5.97 Å². The second-order valence-electron chi connectivity index (χ2n) is 3.55. The number of hydrogen-bond donors (Lipinski definition) is 0. The molecule has 0 radical (unpaired) electrons. The molecule has 0 N–H and O–H groups in total. The maximum absolute atomic E-state index is 10.8. The molecular weight excluding hydrogens is 186 g/mol. The Morgan fingerprint density at radius 3 is 2.77 bits per heavy atom. The van der Waals surface area contributed by atoms with Crippen LogP contribution in [0.2, 0.25) is 0 Å². The molecule has 1 rings (SSSR count). The molecular formula is C9H17NO2S. The zero-order valence-corrected chi connectivity index (χ0v) is 9.26. The van der Waals surface area contributed by atoms with Crippen molar-refractivity contribution in [2.75, 3.05) is 26.4 Å². The van der Waals surface area contributed by atoms with E-state index in [9.17, 15) is 4.79 Å². The van der Waals surface area contributed by atoms with Gasteiger partial charge in [-0.3, -0.25) is 4.79 Å². The molecule has 2 unspecified atom stereocenters. The lowest BCUT2D eigenvalue weighted by atomic mass is 10.1. The zero-order valence-electron chi connectivity index (χ0n) is 8.45. The van der Waals surface area contributed by atoms with Crippen LogP contribution in [0.25, 0.3) is 0 Å². The summed E-state index contributed by atoms with van der Waals surface area (Å²) in [6, 6.07) is 0. The quantitative estimate of drug-likeness (QED) is 0.626. The molecule has 1 saturated heterocycles. The van der Waals surface area contributed by atoms with Crippen molar-refractivity contribution in [1.82, 2.24) is 4.90 Å². The van der Waals surface area contributed by atoms with Crippen LogP contribution in [0.15, 0.2) is 0 Å². The minimum Gasteiger partial charge on any atom is -0.461 e. The van der Waals surface area contributed by atoms with E-state index in [0.29, 0.717) is 5.25 Å². The van der Waals surface area contributed by atoms with Gasteiger partial charge in [-0.05, 0) is 19.7 Å². The zero-order chi connectivity index (χ0) is 9.84. The lowest BCUT2D eigenvalue weighted by Gasteiger charge is -2.34. The molecule has 1 heterocycles. The molecule has 1 aliphatic heterocycles. The van der Waals surface area contributed by atoms with Crippen LogP contribution in [0.3, 0.4) is 0 Å². The van der Waals surface area contributed by atoms with E-state index in [4.69, 9.17) is 4.74 Å². The molecule has 0 aromatic rings. The molecule has 0 spiro atoms. The van der Waals surface area contributed by atoms with Gasteiger partial charge in [0.1, 0.15) is 6.10 Å². The topological polar surface area (TPSA) is 29.5 Å². The second-order valence-corrected chi connectivity index (χ2v) is 4.68. The van der Waals surface area contributed by atoms with Gasteiger partial charge in [0.05, 0.1) is 0 Å². The maximum Gasteiger partial charge on any atom is 0.302 e. The number of likely N-dealkylation sites (tertiary alicyclic amines) is 1. The molecule has 76 valence electrons. The Kier molecular flexibility index (Phi) is 4.06. The van der Waals surface area contributed by atoms with Gasteiger partial charge < -0.3 is 9.64 Å². The average molecular weight is 203 g/mol. The van der Waals surface area contributed by atoms with Crippen LogP contribution >= 0.6 is 11.8 Å². The van der Waals surface area contributed by atoms with Crippen LogP contribution in [0.4, 0.5) is 0 Å². The number of thioether (sulfide) groups is 1. The van der Waals surface area contributed by atoms with E-state index in [1.807, 2.05) is 11.8 Å². The largest absolute Gasteiger partial charge is 0.461 e. The third-order valence-corrected chi connectivity index (χ3v) is 3.23. The van der Waals surface area contributed by atoms with E-state index in [1.54, 1.807) is 0 Å². The standard InChI is InChI=1S/C9H17NO2S/c1-7(11)12-8-4-9(13-3)6-10(2)5-8/h8-9H,4-6H2,1-3H3. The van der Waals surface area contributed by atoms with Gasteiger partial charge in [-0.25, -0.2) is 0 Å². The van der Waals surface area contributed by atoms with Gasteiger partial charge in [0, 0.05) is 25.3 Å². The van der Waals surface area contributed by atoms with Crippen LogP contribution in [0.1, 0.15) is 13.3 Å². The number of hydrogen-bond acceptors (Lipinski definition) is 4. The van der Waals surface area contributed by atoms with Gasteiger partial charge in [-0.15, -0.1) is 0 Å². The highest BCUT2D eigenvalue weighted by Crippen LogP contribution is 2.21. The van der Waals surface area contributed by atoms with Crippen LogP contribution in [-0.4, -0.2) is 48.6 Å². The summed E-state index contributed by atoms with van der Waals surface area (Å²) in [5, 5.41) is 0.600. The van der Waals surface area contributed by atoms with Crippen molar-refractivity contribution in [3.8, 4) is 0 Å². The Morgan fingerprint density at radius 2 is 2.23 bits per heavy atom.